The summed E-state index contributed by atoms with van der Waals surface area (Å²) < 4.78 is 6.89. The first-order valence-corrected chi connectivity index (χ1v) is 8.55. The summed E-state index contributed by atoms with van der Waals surface area (Å²) in [5.74, 6) is -0.349. The molecule has 26 heavy (non-hydrogen) atoms. The van der Waals surface area contributed by atoms with Crippen molar-refractivity contribution in [1.29, 1.82) is 0 Å². The van der Waals surface area contributed by atoms with Gasteiger partial charge in [-0.25, -0.2) is 9.48 Å². The van der Waals surface area contributed by atoms with Gasteiger partial charge in [-0.15, -0.1) is 5.10 Å². The van der Waals surface area contributed by atoms with Crippen molar-refractivity contribution in [1.82, 2.24) is 20.3 Å². The molecule has 1 aromatic heterocycles. The zero-order valence-corrected chi connectivity index (χ0v) is 15.2. The fourth-order valence-electron chi connectivity index (χ4n) is 2.65. The highest BCUT2D eigenvalue weighted by Crippen LogP contribution is 2.29. The number of amides is 1. The van der Waals surface area contributed by atoms with E-state index < -0.39 is 5.97 Å². The monoisotopic (exact) mass is 360 g/mol. The molecular weight excluding hydrogens is 336 g/mol. The Balaban J connectivity index is 2.14. The van der Waals surface area contributed by atoms with Gasteiger partial charge in [0.25, 0.3) is 0 Å². The fraction of sp³-hybridized carbons (Fsp3) is 0.444. The number of ether oxygens (including phenoxy) is 1. The number of para-hydroxylation sites is 1. The first-order chi connectivity index (χ1) is 12.4. The third kappa shape index (κ3) is 5.30. The van der Waals surface area contributed by atoms with E-state index in [2.05, 4.69) is 29.5 Å². The lowest BCUT2D eigenvalue weighted by molar-refractivity contribution is -0.122. The molecule has 0 bridgehead atoms. The van der Waals surface area contributed by atoms with E-state index in [1.165, 1.54) is 10.9 Å². The van der Waals surface area contributed by atoms with Crippen molar-refractivity contribution in [3.8, 4) is 5.75 Å². The van der Waals surface area contributed by atoms with E-state index in [1.54, 1.807) is 0 Å². The smallest absolute Gasteiger partial charge is 0.358 e. The summed E-state index contributed by atoms with van der Waals surface area (Å²) in [5.41, 5.74) is 0.722. The molecule has 0 aliphatic rings. The topological polar surface area (TPSA) is 106 Å². The van der Waals surface area contributed by atoms with Gasteiger partial charge in [-0.05, 0) is 25.3 Å². The minimum atomic E-state index is -1.18. The van der Waals surface area contributed by atoms with Crippen molar-refractivity contribution in [2.45, 2.75) is 39.8 Å². The van der Waals surface area contributed by atoms with Gasteiger partial charge >= 0.3 is 5.97 Å². The number of aromatic nitrogens is 3. The van der Waals surface area contributed by atoms with Crippen molar-refractivity contribution in [2.24, 2.45) is 5.92 Å². The average Bonchev–Trinajstić information content (AvgIpc) is 3.03. The van der Waals surface area contributed by atoms with E-state index in [-0.39, 0.29) is 24.2 Å². The van der Waals surface area contributed by atoms with Crippen LogP contribution in [0, 0.1) is 5.92 Å². The van der Waals surface area contributed by atoms with Gasteiger partial charge in [0, 0.05) is 5.56 Å². The van der Waals surface area contributed by atoms with Gasteiger partial charge in [0.05, 0.1) is 18.8 Å². The van der Waals surface area contributed by atoms with E-state index >= 15 is 0 Å². The lowest BCUT2D eigenvalue weighted by atomic mass is 9.96. The molecule has 0 aliphatic heterocycles. The molecule has 1 unspecified atom stereocenters. The predicted molar refractivity (Wildman–Crippen MR) is 94.9 cm³/mol. The Labute approximate surface area is 152 Å². The Morgan fingerprint density at radius 1 is 1.31 bits per heavy atom. The largest absolute Gasteiger partial charge is 0.494 e. The molecule has 0 saturated carbocycles. The van der Waals surface area contributed by atoms with Crippen molar-refractivity contribution in [3.63, 3.8) is 0 Å². The molecule has 0 aliphatic carbocycles. The molecule has 8 heteroatoms. The van der Waals surface area contributed by atoms with Gasteiger partial charge in [-0.2, -0.15) is 0 Å². The van der Waals surface area contributed by atoms with Gasteiger partial charge in [0.15, 0.2) is 5.69 Å². The van der Waals surface area contributed by atoms with E-state index in [1.807, 2.05) is 31.2 Å². The predicted octanol–water partition coefficient (Wildman–Crippen LogP) is 2.28. The maximum atomic E-state index is 12.4. The molecule has 2 rings (SSSR count). The highest BCUT2D eigenvalue weighted by molar-refractivity contribution is 5.84. The number of carboxylic acids is 1. The number of hydrogen-bond acceptors (Lipinski definition) is 5. The number of carbonyl (C=O) groups excluding carboxylic acids is 1. The Morgan fingerprint density at radius 3 is 2.65 bits per heavy atom. The van der Waals surface area contributed by atoms with Crippen LogP contribution in [-0.2, 0) is 11.3 Å². The molecule has 0 saturated heterocycles. The summed E-state index contributed by atoms with van der Waals surface area (Å²) in [4.78, 5) is 23.3. The van der Waals surface area contributed by atoms with Crippen molar-refractivity contribution >= 4 is 11.9 Å². The number of nitrogens with zero attached hydrogens (tertiary/aromatic N) is 3. The second-order valence-corrected chi connectivity index (χ2v) is 6.33. The molecule has 0 fully saturated rings. The first kappa shape index (κ1) is 19.4. The molecule has 1 amide bonds. The van der Waals surface area contributed by atoms with Gasteiger partial charge in [0.2, 0.25) is 5.91 Å². The Bertz CT molecular complexity index is 757. The van der Waals surface area contributed by atoms with Crippen LogP contribution in [0.2, 0.25) is 0 Å². The van der Waals surface area contributed by atoms with Crippen LogP contribution in [-0.4, -0.2) is 38.6 Å². The Morgan fingerprint density at radius 2 is 2.04 bits per heavy atom. The zero-order valence-electron chi connectivity index (χ0n) is 15.2. The van der Waals surface area contributed by atoms with Crippen LogP contribution in [0.25, 0.3) is 0 Å². The van der Waals surface area contributed by atoms with Crippen LogP contribution < -0.4 is 10.1 Å². The number of nitrogens with one attached hydrogen (secondary N) is 1. The highest BCUT2D eigenvalue weighted by Gasteiger charge is 2.20. The summed E-state index contributed by atoms with van der Waals surface area (Å²) >= 11 is 0. The number of rotatable bonds is 9. The number of benzene rings is 1. The Kier molecular flexibility index (Phi) is 6.71. The lowest BCUT2D eigenvalue weighted by Crippen LogP contribution is -2.32. The van der Waals surface area contributed by atoms with E-state index in [0.717, 1.165) is 17.7 Å². The summed E-state index contributed by atoms with van der Waals surface area (Å²) in [6.45, 7) is 6.51. The van der Waals surface area contributed by atoms with Crippen LogP contribution >= 0.6 is 0 Å². The van der Waals surface area contributed by atoms with E-state index in [0.29, 0.717) is 12.5 Å². The fourth-order valence-corrected chi connectivity index (χ4v) is 2.65. The molecule has 2 aromatic rings. The number of carbonyl (C=O) groups is 2. The molecule has 1 aromatic carbocycles. The SMILES string of the molecule is CCOc1ccccc1C(CC(C)C)NC(=O)Cn1cc(C(=O)O)nn1. The summed E-state index contributed by atoms with van der Waals surface area (Å²) in [6.07, 6.45) is 1.97. The quantitative estimate of drug-likeness (QED) is 0.710. The van der Waals surface area contributed by atoms with Crippen LogP contribution in [0.1, 0.15) is 49.3 Å². The Hall–Kier alpha value is -2.90. The zero-order chi connectivity index (χ0) is 19.1. The van der Waals surface area contributed by atoms with Gasteiger partial charge in [-0.3, -0.25) is 4.79 Å². The van der Waals surface area contributed by atoms with Crippen LogP contribution in [0.3, 0.4) is 0 Å². The standard InChI is InChI=1S/C18H24N4O4/c1-4-26-16-8-6-5-7-13(16)14(9-12(2)3)19-17(23)11-22-10-15(18(24)25)20-21-22/h5-8,10,12,14H,4,9,11H2,1-3H3,(H,19,23)(H,24,25). The number of carboxylic acid groups (broad SMARTS) is 1. The molecule has 8 nitrogen and oxygen atoms in total. The molecule has 2 N–H and O–H groups in total. The van der Waals surface area contributed by atoms with Crippen molar-refractivity contribution < 1.29 is 19.4 Å². The lowest BCUT2D eigenvalue weighted by Gasteiger charge is -2.23. The van der Waals surface area contributed by atoms with Gasteiger partial charge in [0.1, 0.15) is 12.3 Å². The van der Waals surface area contributed by atoms with Crippen LogP contribution in [0.5, 0.6) is 5.75 Å². The van der Waals surface area contributed by atoms with Gasteiger partial charge < -0.3 is 15.2 Å². The third-order valence-electron chi connectivity index (χ3n) is 3.70. The second kappa shape index (κ2) is 8.98. The number of aromatic carboxylic acids is 1. The second-order valence-electron chi connectivity index (χ2n) is 6.33. The maximum absolute atomic E-state index is 12.4. The van der Waals surface area contributed by atoms with Crippen LogP contribution in [0.4, 0.5) is 0 Å². The molecule has 0 spiro atoms. The first-order valence-electron chi connectivity index (χ1n) is 8.55. The molecule has 1 heterocycles. The minimum Gasteiger partial charge on any atom is -0.494 e. The minimum absolute atomic E-state index is 0.105. The summed E-state index contributed by atoms with van der Waals surface area (Å²) in [6, 6.07) is 7.41. The van der Waals surface area contributed by atoms with Crippen molar-refractivity contribution in [3.05, 3.63) is 41.7 Å². The maximum Gasteiger partial charge on any atom is 0.358 e. The molecule has 140 valence electrons. The summed E-state index contributed by atoms with van der Waals surface area (Å²) in [5, 5.41) is 19.0. The normalized spacial score (nSPS) is 12.0. The third-order valence-corrected chi connectivity index (χ3v) is 3.70. The average molecular weight is 360 g/mol. The van der Waals surface area contributed by atoms with Gasteiger partial charge in [-0.1, -0.05) is 37.3 Å². The molecular formula is C18H24N4O4. The molecule has 1 atom stereocenters. The highest BCUT2D eigenvalue weighted by atomic mass is 16.5. The summed E-state index contributed by atoms with van der Waals surface area (Å²) in [7, 11) is 0. The van der Waals surface area contributed by atoms with Crippen molar-refractivity contribution in [2.75, 3.05) is 6.61 Å². The molecule has 0 radical (unpaired) electrons. The van der Waals surface area contributed by atoms with Crippen LogP contribution in [0.15, 0.2) is 30.5 Å². The number of hydrogen-bond donors (Lipinski definition) is 2. The van der Waals surface area contributed by atoms with E-state index in [9.17, 15) is 9.59 Å². The van der Waals surface area contributed by atoms with E-state index in [4.69, 9.17) is 9.84 Å².